The molecule has 1 atom stereocenters. The monoisotopic (exact) mass is 414 g/mol. The lowest BCUT2D eigenvalue weighted by atomic mass is 10.00. The zero-order valence-electron chi connectivity index (χ0n) is 15.6. The summed E-state index contributed by atoms with van der Waals surface area (Å²) in [6.45, 7) is 1.48. The molecule has 9 nitrogen and oxygen atoms in total. The van der Waals surface area contributed by atoms with Gasteiger partial charge in [-0.25, -0.2) is 10.0 Å². The molecule has 2 rings (SSSR count). The fraction of sp³-hybridized carbons (Fsp3) is 0.471. The Morgan fingerprint density at radius 2 is 2.07 bits per heavy atom. The number of hydrazine groups is 1. The quantitative estimate of drug-likeness (QED) is 0.236. The van der Waals surface area contributed by atoms with Crippen LogP contribution in [0.2, 0.25) is 0 Å². The van der Waals surface area contributed by atoms with E-state index >= 15 is 0 Å². The molecule has 1 heterocycles. The van der Waals surface area contributed by atoms with E-state index in [9.17, 15) is 28.0 Å². The van der Waals surface area contributed by atoms with Crippen molar-refractivity contribution in [1.82, 2.24) is 25.7 Å². The van der Waals surface area contributed by atoms with Crippen LogP contribution in [0, 0.1) is 12.8 Å². The van der Waals surface area contributed by atoms with Gasteiger partial charge in [0.2, 0.25) is 12.3 Å². The summed E-state index contributed by atoms with van der Waals surface area (Å²) in [5.74, 6) is -1.54. The van der Waals surface area contributed by atoms with Crippen molar-refractivity contribution < 1.29 is 28.0 Å². The normalized spacial score (nSPS) is 12.4. The number of para-hydroxylation sites is 1. The molecule has 0 bridgehead atoms. The molecular weight excluding hydrogens is 393 g/mol. The van der Waals surface area contributed by atoms with Crippen LogP contribution in [-0.4, -0.2) is 50.5 Å². The molecule has 0 unspecified atom stereocenters. The number of anilines is 1. The highest BCUT2D eigenvalue weighted by atomic mass is 19.4. The van der Waals surface area contributed by atoms with Crippen LogP contribution in [0.3, 0.4) is 0 Å². The average molecular weight is 414 g/mol. The van der Waals surface area contributed by atoms with E-state index in [0.717, 1.165) is 5.56 Å². The van der Waals surface area contributed by atoms with Gasteiger partial charge in [-0.3, -0.25) is 25.6 Å². The number of aryl methyl sites for hydroxylation is 1. The molecule has 3 N–H and O–H groups in total. The van der Waals surface area contributed by atoms with Gasteiger partial charge >= 0.3 is 6.18 Å². The molecule has 0 aliphatic heterocycles. The van der Waals surface area contributed by atoms with E-state index in [0.29, 0.717) is 11.0 Å². The van der Waals surface area contributed by atoms with Gasteiger partial charge in [-0.05, 0) is 31.4 Å². The van der Waals surface area contributed by atoms with Crippen molar-refractivity contribution in [2.24, 2.45) is 5.92 Å². The van der Waals surface area contributed by atoms with Crippen molar-refractivity contribution in [2.75, 3.05) is 12.0 Å². The fourth-order valence-corrected chi connectivity index (χ4v) is 2.66. The third kappa shape index (κ3) is 7.14. The van der Waals surface area contributed by atoms with Gasteiger partial charge in [0.15, 0.2) is 0 Å². The Kier molecular flexibility index (Phi) is 7.65. The highest BCUT2D eigenvalue weighted by Crippen LogP contribution is 2.23. The molecule has 1 aromatic heterocycles. The molecule has 1 aromatic carbocycles. The van der Waals surface area contributed by atoms with Crippen LogP contribution < -0.4 is 10.9 Å². The summed E-state index contributed by atoms with van der Waals surface area (Å²) in [5, 5.41) is 17.4. The van der Waals surface area contributed by atoms with E-state index < -0.39 is 24.4 Å². The summed E-state index contributed by atoms with van der Waals surface area (Å²) in [6, 6.07) is 5.38. The average Bonchev–Trinajstić information content (AvgIpc) is 2.67. The molecule has 0 fully saturated rings. The van der Waals surface area contributed by atoms with Crippen LogP contribution in [0.5, 0.6) is 0 Å². The van der Waals surface area contributed by atoms with E-state index in [-0.39, 0.29) is 43.2 Å². The molecule has 0 spiro atoms. The number of carbonyl (C=O) groups excluding carboxylic acids is 2. The predicted octanol–water partition coefficient (Wildman–Crippen LogP) is 2.36. The van der Waals surface area contributed by atoms with Gasteiger partial charge in [0.1, 0.15) is 5.52 Å². The number of rotatable bonds is 10. The number of carbonyl (C=O) groups is 2. The third-order valence-electron chi connectivity index (χ3n) is 4.15. The molecule has 2 aromatic rings. The van der Waals surface area contributed by atoms with Crippen molar-refractivity contribution >= 4 is 29.3 Å². The first-order chi connectivity index (χ1) is 13.7. The number of unbranched alkanes of at least 4 members (excludes halogenated alkanes) is 1. The molecule has 2 amide bonds. The SMILES string of the molecule is Cc1cccc2nnc(NNC(=O)[C@H](CCCCC(F)(F)F)CN(O)C=O)nc12. The van der Waals surface area contributed by atoms with Gasteiger partial charge in [-0.2, -0.15) is 13.2 Å². The number of halogens is 3. The van der Waals surface area contributed by atoms with Crippen molar-refractivity contribution in [3.8, 4) is 0 Å². The minimum absolute atomic E-state index is 0.0206. The second-order valence-corrected chi connectivity index (χ2v) is 6.48. The highest BCUT2D eigenvalue weighted by molar-refractivity contribution is 5.81. The Bertz CT molecular complexity index is 849. The second-order valence-electron chi connectivity index (χ2n) is 6.48. The lowest BCUT2D eigenvalue weighted by Crippen LogP contribution is -2.40. The maximum Gasteiger partial charge on any atom is 0.389 e. The van der Waals surface area contributed by atoms with Crippen molar-refractivity contribution in [3.63, 3.8) is 0 Å². The Morgan fingerprint density at radius 1 is 1.31 bits per heavy atom. The Hall–Kier alpha value is -3.02. The van der Waals surface area contributed by atoms with Crippen molar-refractivity contribution in [3.05, 3.63) is 23.8 Å². The molecule has 12 heteroatoms. The summed E-state index contributed by atoms with van der Waals surface area (Å²) >= 11 is 0. The molecule has 29 heavy (non-hydrogen) atoms. The van der Waals surface area contributed by atoms with Crippen LogP contribution >= 0.6 is 0 Å². The molecule has 0 saturated carbocycles. The van der Waals surface area contributed by atoms with Crippen LogP contribution in [0.15, 0.2) is 18.2 Å². The molecule has 158 valence electrons. The summed E-state index contributed by atoms with van der Waals surface area (Å²) < 4.78 is 36.7. The number of fused-ring (bicyclic) bond motifs is 1. The maximum atomic E-state index is 12.4. The number of aromatic nitrogens is 3. The standard InChI is InChI=1S/C17H21F3N6O3/c1-11-5-4-7-13-14(11)21-16(24-22-13)25-23-15(28)12(9-26(29)10-27)6-2-3-8-17(18,19)20/h4-5,7,10,12,29H,2-3,6,8-9H2,1H3,(H,23,28)(H,21,24,25)/t12-/m1/s1. The highest BCUT2D eigenvalue weighted by Gasteiger charge is 2.27. The lowest BCUT2D eigenvalue weighted by molar-refractivity contribution is -0.154. The van der Waals surface area contributed by atoms with E-state index in [1.54, 1.807) is 12.1 Å². The first-order valence-electron chi connectivity index (χ1n) is 8.83. The third-order valence-corrected chi connectivity index (χ3v) is 4.15. The minimum Gasteiger partial charge on any atom is -0.286 e. The van der Waals surface area contributed by atoms with Gasteiger partial charge in [0.05, 0.1) is 18.0 Å². The summed E-state index contributed by atoms with van der Waals surface area (Å²) in [6.07, 6.45) is -5.15. The Labute approximate surface area is 164 Å². The first-order valence-corrected chi connectivity index (χ1v) is 8.83. The molecule has 0 saturated heterocycles. The number of hydrogen-bond donors (Lipinski definition) is 3. The second kappa shape index (κ2) is 9.96. The van der Waals surface area contributed by atoms with Gasteiger partial charge in [-0.15, -0.1) is 10.2 Å². The van der Waals surface area contributed by atoms with E-state index in [1.165, 1.54) is 0 Å². The number of hydroxylamine groups is 2. The van der Waals surface area contributed by atoms with Gasteiger partial charge in [0.25, 0.3) is 5.95 Å². The topological polar surface area (TPSA) is 120 Å². The molecule has 0 aliphatic carbocycles. The predicted molar refractivity (Wildman–Crippen MR) is 96.4 cm³/mol. The van der Waals surface area contributed by atoms with Crippen LogP contribution in [-0.2, 0) is 9.59 Å². The van der Waals surface area contributed by atoms with Gasteiger partial charge in [0, 0.05) is 6.42 Å². The zero-order valence-corrected chi connectivity index (χ0v) is 15.6. The number of nitrogens with one attached hydrogen (secondary N) is 2. The number of alkyl halides is 3. The van der Waals surface area contributed by atoms with E-state index in [4.69, 9.17) is 0 Å². The molecule has 0 aliphatic rings. The van der Waals surface area contributed by atoms with Gasteiger partial charge in [-0.1, -0.05) is 18.6 Å². The summed E-state index contributed by atoms with van der Waals surface area (Å²) in [4.78, 5) is 27.2. The van der Waals surface area contributed by atoms with Crippen LogP contribution in [0.4, 0.5) is 19.1 Å². The summed E-state index contributed by atoms with van der Waals surface area (Å²) in [7, 11) is 0. The molecular formula is C17H21F3N6O3. The number of nitrogens with zero attached hydrogens (tertiary/aromatic N) is 4. The van der Waals surface area contributed by atoms with Crippen LogP contribution in [0.1, 0.15) is 31.2 Å². The molecule has 0 radical (unpaired) electrons. The number of hydrogen-bond acceptors (Lipinski definition) is 7. The van der Waals surface area contributed by atoms with Crippen LogP contribution in [0.25, 0.3) is 11.0 Å². The Balaban J connectivity index is 1.97. The number of benzene rings is 1. The van der Waals surface area contributed by atoms with E-state index in [1.807, 2.05) is 13.0 Å². The van der Waals surface area contributed by atoms with Crippen molar-refractivity contribution in [2.45, 2.75) is 38.8 Å². The van der Waals surface area contributed by atoms with E-state index in [2.05, 4.69) is 26.0 Å². The lowest BCUT2D eigenvalue weighted by Gasteiger charge is -2.19. The first kappa shape index (κ1) is 22.3. The Morgan fingerprint density at radius 3 is 2.76 bits per heavy atom. The minimum atomic E-state index is -4.27. The zero-order chi connectivity index (χ0) is 21.4. The smallest absolute Gasteiger partial charge is 0.286 e. The largest absolute Gasteiger partial charge is 0.389 e. The summed E-state index contributed by atoms with van der Waals surface area (Å²) in [5.41, 5.74) is 6.86. The maximum absolute atomic E-state index is 12.4. The van der Waals surface area contributed by atoms with Gasteiger partial charge < -0.3 is 0 Å². The van der Waals surface area contributed by atoms with Crippen molar-refractivity contribution in [1.29, 1.82) is 0 Å². The fourth-order valence-electron chi connectivity index (χ4n) is 2.66. The number of amides is 2.